The predicted molar refractivity (Wildman–Crippen MR) is 75.3 cm³/mol. The summed E-state index contributed by atoms with van der Waals surface area (Å²) in [6.07, 6.45) is 1.01. The number of aliphatic hydroxyl groups excluding tert-OH is 1. The van der Waals surface area contributed by atoms with Crippen LogP contribution in [0.25, 0.3) is 0 Å². The van der Waals surface area contributed by atoms with Crippen molar-refractivity contribution in [2.75, 3.05) is 26.2 Å². The fourth-order valence-electron chi connectivity index (χ4n) is 2.00. The van der Waals surface area contributed by atoms with Crippen LogP contribution in [0.5, 0.6) is 0 Å². The number of hydrogen-bond donors (Lipinski definition) is 2. The van der Waals surface area contributed by atoms with Gasteiger partial charge in [0.15, 0.2) is 0 Å². The van der Waals surface area contributed by atoms with Gasteiger partial charge in [-0.2, -0.15) is 0 Å². The van der Waals surface area contributed by atoms with Crippen LogP contribution in [0, 0.1) is 5.41 Å². The lowest BCUT2D eigenvalue weighted by atomic mass is 9.89. The highest BCUT2D eigenvalue weighted by Gasteiger charge is 2.20. The maximum atomic E-state index is 9.32. The third kappa shape index (κ3) is 6.39. The highest BCUT2D eigenvalue weighted by molar-refractivity contribution is 4.75. The number of nitrogens with zero attached hydrogens (tertiary/aromatic N) is 1. The van der Waals surface area contributed by atoms with Crippen molar-refractivity contribution >= 4 is 0 Å². The Labute approximate surface area is 108 Å². The zero-order chi connectivity index (χ0) is 13.5. The van der Waals surface area contributed by atoms with Crippen molar-refractivity contribution in [2.24, 2.45) is 5.41 Å². The highest BCUT2D eigenvalue weighted by atomic mass is 16.3. The van der Waals surface area contributed by atoms with Crippen molar-refractivity contribution in [2.45, 2.75) is 60.0 Å². The van der Waals surface area contributed by atoms with Crippen molar-refractivity contribution in [1.82, 2.24) is 10.2 Å². The van der Waals surface area contributed by atoms with E-state index in [0.717, 1.165) is 26.1 Å². The van der Waals surface area contributed by atoms with Crippen molar-refractivity contribution in [3.8, 4) is 0 Å². The summed E-state index contributed by atoms with van der Waals surface area (Å²) in [6.45, 7) is 16.4. The lowest BCUT2D eigenvalue weighted by Gasteiger charge is -2.31. The summed E-state index contributed by atoms with van der Waals surface area (Å²) < 4.78 is 0. The van der Waals surface area contributed by atoms with Crippen LogP contribution in [0.4, 0.5) is 0 Å². The summed E-state index contributed by atoms with van der Waals surface area (Å²) in [6, 6.07) is 1.18. The Morgan fingerprint density at radius 1 is 1.18 bits per heavy atom. The molecule has 1 atom stereocenters. The van der Waals surface area contributed by atoms with Gasteiger partial charge < -0.3 is 10.4 Å². The first-order chi connectivity index (χ1) is 7.86. The van der Waals surface area contributed by atoms with Crippen LogP contribution in [0.2, 0.25) is 0 Å². The molecule has 0 heterocycles. The molecule has 0 aromatic carbocycles. The second-order valence-corrected chi connectivity index (χ2v) is 5.92. The van der Waals surface area contributed by atoms with Gasteiger partial charge in [-0.25, -0.2) is 0 Å². The average molecular weight is 244 g/mol. The van der Waals surface area contributed by atoms with Gasteiger partial charge in [0.05, 0.1) is 0 Å². The molecule has 3 heteroatoms. The Morgan fingerprint density at radius 2 is 1.71 bits per heavy atom. The van der Waals surface area contributed by atoms with Crippen molar-refractivity contribution in [1.29, 1.82) is 0 Å². The van der Waals surface area contributed by atoms with Gasteiger partial charge in [-0.15, -0.1) is 0 Å². The topological polar surface area (TPSA) is 35.5 Å². The quantitative estimate of drug-likeness (QED) is 0.610. The summed E-state index contributed by atoms with van der Waals surface area (Å²) in [7, 11) is 0. The molecular formula is C14H32N2O. The lowest BCUT2D eigenvalue weighted by Crippen LogP contribution is -2.43. The molecule has 0 amide bonds. The molecule has 0 spiro atoms. The van der Waals surface area contributed by atoms with E-state index in [4.69, 9.17) is 0 Å². The monoisotopic (exact) mass is 244 g/mol. The van der Waals surface area contributed by atoms with Gasteiger partial charge in [0.25, 0.3) is 0 Å². The maximum Gasteiger partial charge on any atom is 0.0496 e. The normalized spacial score (nSPS) is 15.9. The molecule has 0 aliphatic carbocycles. The van der Waals surface area contributed by atoms with Gasteiger partial charge in [0.2, 0.25) is 0 Å². The first-order valence-electron chi connectivity index (χ1n) is 6.93. The first-order valence-corrected chi connectivity index (χ1v) is 6.93. The molecule has 0 radical (unpaired) electrons. The van der Waals surface area contributed by atoms with Crippen LogP contribution < -0.4 is 5.32 Å². The molecule has 0 bridgehead atoms. The molecule has 0 saturated carbocycles. The molecule has 0 saturated heterocycles. The molecule has 2 N–H and O–H groups in total. The van der Waals surface area contributed by atoms with Crippen LogP contribution in [-0.2, 0) is 0 Å². The first kappa shape index (κ1) is 16.9. The minimum Gasteiger partial charge on any atom is -0.396 e. The number of rotatable bonds is 9. The van der Waals surface area contributed by atoms with E-state index in [0.29, 0.717) is 12.1 Å². The standard InChI is InChI=1S/C14H32N2O/c1-7-14(6,11-17)10-15-8-9-16(12(2)3)13(4)5/h12-13,15,17H,7-11H2,1-6H3. The summed E-state index contributed by atoms with van der Waals surface area (Å²) in [4.78, 5) is 2.48. The summed E-state index contributed by atoms with van der Waals surface area (Å²) in [5.74, 6) is 0. The van der Waals surface area contributed by atoms with Crippen molar-refractivity contribution < 1.29 is 5.11 Å². The van der Waals surface area contributed by atoms with Crippen LogP contribution in [0.1, 0.15) is 48.0 Å². The molecule has 0 fully saturated rings. The largest absolute Gasteiger partial charge is 0.396 e. The summed E-state index contributed by atoms with van der Waals surface area (Å²) in [5.41, 5.74) is 0.0283. The fraction of sp³-hybridized carbons (Fsp3) is 1.00. The Bertz CT molecular complexity index is 181. The van der Waals surface area contributed by atoms with E-state index in [9.17, 15) is 5.11 Å². The van der Waals surface area contributed by atoms with Crippen LogP contribution >= 0.6 is 0 Å². The molecule has 3 nitrogen and oxygen atoms in total. The van der Waals surface area contributed by atoms with E-state index in [1.807, 2.05) is 0 Å². The highest BCUT2D eigenvalue weighted by Crippen LogP contribution is 2.18. The van der Waals surface area contributed by atoms with Crippen molar-refractivity contribution in [3.63, 3.8) is 0 Å². The number of aliphatic hydroxyl groups is 1. The van der Waals surface area contributed by atoms with E-state index in [2.05, 4.69) is 51.8 Å². The zero-order valence-electron chi connectivity index (χ0n) is 12.6. The SMILES string of the molecule is CCC(C)(CO)CNCCN(C(C)C)C(C)C. The molecule has 0 rings (SSSR count). The van der Waals surface area contributed by atoms with Gasteiger partial charge in [-0.05, 0) is 34.1 Å². The molecule has 0 aliphatic rings. The molecular weight excluding hydrogens is 212 g/mol. The van der Waals surface area contributed by atoms with Crippen LogP contribution in [0.3, 0.4) is 0 Å². The molecule has 1 unspecified atom stereocenters. The minimum atomic E-state index is 0.0283. The second kappa shape index (κ2) is 8.06. The van der Waals surface area contributed by atoms with E-state index in [1.165, 1.54) is 0 Å². The number of nitrogens with one attached hydrogen (secondary N) is 1. The van der Waals surface area contributed by atoms with Gasteiger partial charge in [0, 0.05) is 43.7 Å². The van der Waals surface area contributed by atoms with Crippen LogP contribution in [0.15, 0.2) is 0 Å². The maximum absolute atomic E-state index is 9.32. The third-order valence-electron chi connectivity index (χ3n) is 3.66. The molecule has 0 aromatic rings. The molecule has 0 aromatic heterocycles. The van der Waals surface area contributed by atoms with E-state index < -0.39 is 0 Å². The third-order valence-corrected chi connectivity index (χ3v) is 3.66. The summed E-state index contributed by atoms with van der Waals surface area (Å²) >= 11 is 0. The Kier molecular flexibility index (Phi) is 8.01. The minimum absolute atomic E-state index is 0.0283. The summed E-state index contributed by atoms with van der Waals surface area (Å²) in [5, 5.41) is 12.8. The Morgan fingerprint density at radius 3 is 2.06 bits per heavy atom. The van der Waals surface area contributed by atoms with Gasteiger partial charge in [-0.3, -0.25) is 4.90 Å². The smallest absolute Gasteiger partial charge is 0.0496 e. The van der Waals surface area contributed by atoms with Crippen molar-refractivity contribution in [3.05, 3.63) is 0 Å². The molecule has 104 valence electrons. The van der Waals surface area contributed by atoms with E-state index in [1.54, 1.807) is 0 Å². The fourth-order valence-corrected chi connectivity index (χ4v) is 2.00. The Balaban J connectivity index is 3.90. The van der Waals surface area contributed by atoms with Gasteiger partial charge >= 0.3 is 0 Å². The van der Waals surface area contributed by atoms with Gasteiger partial charge in [0.1, 0.15) is 0 Å². The number of hydrogen-bond acceptors (Lipinski definition) is 3. The average Bonchev–Trinajstić information content (AvgIpc) is 2.27. The van der Waals surface area contributed by atoms with E-state index >= 15 is 0 Å². The zero-order valence-corrected chi connectivity index (χ0v) is 12.6. The predicted octanol–water partition coefficient (Wildman–Crippen LogP) is 2.10. The lowest BCUT2D eigenvalue weighted by molar-refractivity contribution is 0.130. The second-order valence-electron chi connectivity index (χ2n) is 5.92. The van der Waals surface area contributed by atoms with Crippen LogP contribution in [-0.4, -0.2) is 48.3 Å². The molecule has 17 heavy (non-hydrogen) atoms. The molecule has 0 aliphatic heterocycles. The Hall–Kier alpha value is -0.120. The van der Waals surface area contributed by atoms with E-state index in [-0.39, 0.29) is 12.0 Å². The van der Waals surface area contributed by atoms with Gasteiger partial charge in [-0.1, -0.05) is 13.8 Å².